The molecule has 0 atom stereocenters. The average molecular weight is 397 g/mol. The molecule has 0 spiro atoms. The Kier molecular flexibility index (Phi) is 6.65. The second-order valence-corrected chi connectivity index (χ2v) is 6.81. The molecule has 2 aromatic carbocycles. The van der Waals surface area contributed by atoms with Crippen molar-refractivity contribution in [1.29, 1.82) is 0 Å². The first-order chi connectivity index (χ1) is 14.1. The number of rotatable bonds is 8. The van der Waals surface area contributed by atoms with Gasteiger partial charge in [0.05, 0.1) is 21.3 Å². The van der Waals surface area contributed by atoms with Crippen molar-refractivity contribution in [2.75, 3.05) is 34.5 Å². The highest BCUT2D eigenvalue weighted by molar-refractivity contribution is 5.78. The number of allylic oxidation sites excluding steroid dienone is 1. The second kappa shape index (κ2) is 9.37. The normalized spacial score (nSPS) is 12.7. The smallest absolute Gasteiger partial charge is 0.260 e. The summed E-state index contributed by atoms with van der Waals surface area (Å²) in [5, 5.41) is 0. The van der Waals surface area contributed by atoms with Crippen LogP contribution < -0.4 is 18.9 Å². The first kappa shape index (κ1) is 20.6. The molecule has 6 nitrogen and oxygen atoms in total. The third-order valence-electron chi connectivity index (χ3n) is 5.03. The van der Waals surface area contributed by atoms with Crippen LogP contribution in [-0.4, -0.2) is 45.3 Å². The number of hydrogen-bond acceptors (Lipinski definition) is 5. The van der Waals surface area contributed by atoms with E-state index in [1.807, 2.05) is 36.4 Å². The minimum absolute atomic E-state index is 0.0419. The molecule has 0 bridgehead atoms. The third kappa shape index (κ3) is 4.65. The third-order valence-corrected chi connectivity index (χ3v) is 5.03. The molecule has 0 saturated carbocycles. The highest BCUT2D eigenvalue weighted by Gasteiger charge is 2.23. The van der Waals surface area contributed by atoms with Gasteiger partial charge < -0.3 is 23.8 Å². The molecule has 0 aromatic heterocycles. The monoisotopic (exact) mass is 397 g/mol. The minimum atomic E-state index is -0.0670. The van der Waals surface area contributed by atoms with E-state index >= 15 is 0 Å². The van der Waals surface area contributed by atoms with Crippen molar-refractivity contribution in [3.63, 3.8) is 0 Å². The molecule has 1 aliphatic heterocycles. The summed E-state index contributed by atoms with van der Waals surface area (Å²) < 4.78 is 21.9. The Hall–Kier alpha value is -3.15. The fraction of sp³-hybridized carbons (Fsp3) is 0.348. The topological polar surface area (TPSA) is 57.2 Å². The number of carbonyl (C=O) groups excluding carboxylic acids is 1. The van der Waals surface area contributed by atoms with Crippen LogP contribution in [0.4, 0.5) is 0 Å². The molecular weight excluding hydrogens is 370 g/mol. The molecule has 0 unspecified atom stereocenters. The molecule has 154 valence electrons. The van der Waals surface area contributed by atoms with Gasteiger partial charge in [-0.25, -0.2) is 0 Å². The van der Waals surface area contributed by atoms with Gasteiger partial charge in [0.2, 0.25) is 0 Å². The van der Waals surface area contributed by atoms with E-state index in [0.29, 0.717) is 36.1 Å². The van der Waals surface area contributed by atoms with Gasteiger partial charge in [-0.2, -0.15) is 0 Å². The van der Waals surface area contributed by atoms with E-state index < -0.39 is 0 Å². The summed E-state index contributed by atoms with van der Waals surface area (Å²) in [7, 11) is 4.82. The van der Waals surface area contributed by atoms with Crippen LogP contribution in [0.2, 0.25) is 0 Å². The van der Waals surface area contributed by atoms with Crippen LogP contribution in [0.25, 0.3) is 0 Å². The molecule has 1 aliphatic rings. The lowest BCUT2D eigenvalue weighted by Gasteiger charge is -2.29. The molecule has 0 aliphatic carbocycles. The maximum Gasteiger partial charge on any atom is 0.260 e. The van der Waals surface area contributed by atoms with Gasteiger partial charge in [0.25, 0.3) is 5.91 Å². The SMILES string of the molecule is C=CCc1ccc(OCC(=O)N2CCc3cc(OC)c(OC)cc3C2)c(OC)c1. The molecule has 0 radical (unpaired) electrons. The lowest BCUT2D eigenvalue weighted by molar-refractivity contribution is -0.134. The quantitative estimate of drug-likeness (QED) is 0.639. The Balaban J connectivity index is 1.66. The van der Waals surface area contributed by atoms with Gasteiger partial charge in [-0.05, 0) is 53.8 Å². The number of benzene rings is 2. The summed E-state index contributed by atoms with van der Waals surface area (Å²) in [6.45, 7) is 4.86. The van der Waals surface area contributed by atoms with Crippen LogP contribution in [0.15, 0.2) is 43.0 Å². The molecule has 1 amide bonds. The number of carbonyl (C=O) groups is 1. The second-order valence-electron chi connectivity index (χ2n) is 6.81. The molecule has 0 saturated heterocycles. The maximum absolute atomic E-state index is 12.7. The zero-order valence-electron chi connectivity index (χ0n) is 17.2. The first-order valence-electron chi connectivity index (χ1n) is 9.51. The van der Waals surface area contributed by atoms with Gasteiger partial charge in [0.15, 0.2) is 29.6 Å². The number of ether oxygens (including phenoxy) is 4. The molecule has 0 N–H and O–H groups in total. The Morgan fingerprint density at radius 1 is 1.00 bits per heavy atom. The number of hydrogen-bond donors (Lipinski definition) is 0. The Bertz CT molecular complexity index is 893. The van der Waals surface area contributed by atoms with Crippen LogP contribution in [0.1, 0.15) is 16.7 Å². The van der Waals surface area contributed by atoms with Gasteiger partial charge >= 0.3 is 0 Å². The molecule has 29 heavy (non-hydrogen) atoms. The van der Waals surface area contributed by atoms with E-state index in [2.05, 4.69) is 6.58 Å². The lowest BCUT2D eigenvalue weighted by atomic mass is 9.99. The van der Waals surface area contributed by atoms with Gasteiger partial charge in [-0.15, -0.1) is 6.58 Å². The van der Waals surface area contributed by atoms with E-state index in [1.165, 1.54) is 5.56 Å². The van der Waals surface area contributed by atoms with Crippen LogP contribution in [-0.2, 0) is 24.2 Å². The van der Waals surface area contributed by atoms with Gasteiger partial charge in [-0.1, -0.05) is 12.1 Å². The molecule has 6 heteroatoms. The van der Waals surface area contributed by atoms with Crippen LogP contribution in [0.3, 0.4) is 0 Å². The van der Waals surface area contributed by atoms with E-state index in [1.54, 1.807) is 26.2 Å². The summed E-state index contributed by atoms with van der Waals surface area (Å²) in [5.41, 5.74) is 3.31. The van der Waals surface area contributed by atoms with Crippen molar-refractivity contribution in [2.45, 2.75) is 19.4 Å². The van der Waals surface area contributed by atoms with E-state index in [-0.39, 0.29) is 12.5 Å². The van der Waals surface area contributed by atoms with Crippen molar-refractivity contribution in [2.24, 2.45) is 0 Å². The minimum Gasteiger partial charge on any atom is -0.493 e. The van der Waals surface area contributed by atoms with Crippen molar-refractivity contribution in [3.05, 3.63) is 59.7 Å². The van der Waals surface area contributed by atoms with E-state index in [4.69, 9.17) is 18.9 Å². The van der Waals surface area contributed by atoms with Gasteiger partial charge in [-0.3, -0.25) is 4.79 Å². The molecule has 3 rings (SSSR count). The first-order valence-corrected chi connectivity index (χ1v) is 9.51. The maximum atomic E-state index is 12.7. The Labute approximate surface area is 171 Å². The van der Waals surface area contributed by atoms with Crippen LogP contribution in [0.5, 0.6) is 23.0 Å². The lowest BCUT2D eigenvalue weighted by Crippen LogP contribution is -2.38. The van der Waals surface area contributed by atoms with Gasteiger partial charge in [0, 0.05) is 13.1 Å². The fourth-order valence-electron chi connectivity index (χ4n) is 3.45. The predicted molar refractivity (Wildman–Crippen MR) is 111 cm³/mol. The van der Waals surface area contributed by atoms with Crippen molar-refractivity contribution in [1.82, 2.24) is 4.90 Å². The average Bonchev–Trinajstić information content (AvgIpc) is 2.76. The summed E-state index contributed by atoms with van der Waals surface area (Å²) in [5.74, 6) is 2.47. The summed E-state index contributed by atoms with van der Waals surface area (Å²) >= 11 is 0. The van der Waals surface area contributed by atoms with E-state index in [0.717, 1.165) is 24.0 Å². The van der Waals surface area contributed by atoms with Crippen molar-refractivity contribution >= 4 is 5.91 Å². The predicted octanol–water partition coefficient (Wildman–Crippen LogP) is 3.40. The highest BCUT2D eigenvalue weighted by Crippen LogP contribution is 2.33. The number of methoxy groups -OCH3 is 3. The number of fused-ring (bicyclic) bond motifs is 1. The molecule has 1 heterocycles. The number of nitrogens with zero attached hydrogens (tertiary/aromatic N) is 1. The van der Waals surface area contributed by atoms with E-state index in [9.17, 15) is 4.79 Å². The molecule has 2 aromatic rings. The summed E-state index contributed by atoms with van der Waals surface area (Å²) in [4.78, 5) is 14.5. The number of amides is 1. The van der Waals surface area contributed by atoms with Crippen molar-refractivity contribution in [3.8, 4) is 23.0 Å². The Morgan fingerprint density at radius 2 is 1.66 bits per heavy atom. The zero-order valence-corrected chi connectivity index (χ0v) is 17.2. The van der Waals surface area contributed by atoms with Crippen molar-refractivity contribution < 1.29 is 23.7 Å². The van der Waals surface area contributed by atoms with Gasteiger partial charge in [0.1, 0.15) is 0 Å². The zero-order chi connectivity index (χ0) is 20.8. The van der Waals surface area contributed by atoms with Crippen LogP contribution >= 0.6 is 0 Å². The largest absolute Gasteiger partial charge is 0.493 e. The highest BCUT2D eigenvalue weighted by atomic mass is 16.5. The fourth-order valence-corrected chi connectivity index (χ4v) is 3.45. The summed E-state index contributed by atoms with van der Waals surface area (Å²) in [6.07, 6.45) is 3.34. The Morgan fingerprint density at radius 3 is 2.31 bits per heavy atom. The molecule has 0 fully saturated rings. The molecular formula is C23H27NO5. The van der Waals surface area contributed by atoms with Crippen LogP contribution in [0, 0.1) is 0 Å². The summed E-state index contributed by atoms with van der Waals surface area (Å²) in [6, 6.07) is 9.60. The standard InChI is InChI=1S/C23H27NO5/c1-5-6-16-7-8-19(20(11-16)26-2)29-15-23(25)24-10-9-17-12-21(27-3)22(28-4)13-18(17)14-24/h5,7-8,11-13H,1,6,9-10,14-15H2,2-4H3.